The summed E-state index contributed by atoms with van der Waals surface area (Å²) in [6.45, 7) is 0.0185. The number of nitrogens with zero attached hydrogens (tertiary/aromatic N) is 1. The lowest BCUT2D eigenvalue weighted by molar-refractivity contribution is -0.385. The van der Waals surface area contributed by atoms with E-state index < -0.39 is 10.8 Å². The number of rotatable bonds is 7. The SMILES string of the molecule is O=C(NC(CCCO)c1ccccc1)c1ccccc1[N+](=O)[O-]. The van der Waals surface area contributed by atoms with E-state index >= 15 is 0 Å². The van der Waals surface area contributed by atoms with Gasteiger partial charge in [-0.2, -0.15) is 0 Å². The van der Waals surface area contributed by atoms with Crippen molar-refractivity contribution in [1.29, 1.82) is 0 Å². The third kappa shape index (κ3) is 4.37. The Kier molecular flexibility index (Phi) is 5.82. The molecule has 2 N–H and O–H groups in total. The summed E-state index contributed by atoms with van der Waals surface area (Å²) < 4.78 is 0. The molecular weight excluding hydrogens is 296 g/mol. The molecule has 6 nitrogen and oxygen atoms in total. The van der Waals surface area contributed by atoms with Crippen molar-refractivity contribution in [2.75, 3.05) is 6.61 Å². The highest BCUT2D eigenvalue weighted by Gasteiger charge is 2.22. The van der Waals surface area contributed by atoms with Crippen LogP contribution in [-0.4, -0.2) is 22.5 Å². The third-order valence-electron chi connectivity index (χ3n) is 3.50. The minimum absolute atomic E-state index is 0.0185. The summed E-state index contributed by atoms with van der Waals surface area (Å²) in [4.78, 5) is 22.9. The number of nitro benzene ring substituents is 1. The van der Waals surface area contributed by atoms with Gasteiger partial charge in [-0.05, 0) is 24.5 Å². The summed E-state index contributed by atoms with van der Waals surface area (Å²) in [6, 6.07) is 14.9. The van der Waals surface area contributed by atoms with Crippen molar-refractivity contribution in [3.05, 3.63) is 75.8 Å². The second kappa shape index (κ2) is 8.05. The molecule has 120 valence electrons. The van der Waals surface area contributed by atoms with Crippen LogP contribution in [0.2, 0.25) is 0 Å². The number of nitrogens with one attached hydrogen (secondary N) is 1. The molecule has 6 heteroatoms. The molecule has 2 rings (SSSR count). The quantitative estimate of drug-likeness (QED) is 0.607. The first-order valence-corrected chi connectivity index (χ1v) is 7.33. The summed E-state index contributed by atoms with van der Waals surface area (Å²) in [5, 5.41) is 22.9. The fourth-order valence-electron chi connectivity index (χ4n) is 2.36. The van der Waals surface area contributed by atoms with Crippen LogP contribution in [-0.2, 0) is 0 Å². The number of hydrogen-bond acceptors (Lipinski definition) is 4. The number of carbonyl (C=O) groups is 1. The average Bonchev–Trinajstić information content (AvgIpc) is 2.59. The Morgan fingerprint density at radius 3 is 2.43 bits per heavy atom. The summed E-state index contributed by atoms with van der Waals surface area (Å²) in [6.07, 6.45) is 1.07. The van der Waals surface area contributed by atoms with Crippen LogP contribution in [0.5, 0.6) is 0 Å². The van der Waals surface area contributed by atoms with Gasteiger partial charge < -0.3 is 10.4 Å². The Hall–Kier alpha value is -2.73. The summed E-state index contributed by atoms with van der Waals surface area (Å²) in [5.74, 6) is -0.496. The van der Waals surface area contributed by atoms with Crippen LogP contribution in [0.4, 0.5) is 5.69 Å². The van der Waals surface area contributed by atoms with Gasteiger partial charge in [0.15, 0.2) is 0 Å². The van der Waals surface area contributed by atoms with E-state index in [1.165, 1.54) is 18.2 Å². The molecule has 1 amide bonds. The second-order valence-corrected chi connectivity index (χ2v) is 5.08. The molecule has 0 aliphatic carbocycles. The van der Waals surface area contributed by atoms with Crippen molar-refractivity contribution in [2.24, 2.45) is 0 Å². The lowest BCUT2D eigenvalue weighted by Crippen LogP contribution is -2.29. The van der Waals surface area contributed by atoms with Crippen LogP contribution < -0.4 is 5.32 Å². The van der Waals surface area contributed by atoms with Gasteiger partial charge in [-0.25, -0.2) is 0 Å². The molecule has 2 aromatic rings. The highest BCUT2D eigenvalue weighted by Crippen LogP contribution is 2.22. The van der Waals surface area contributed by atoms with E-state index in [2.05, 4.69) is 5.32 Å². The Morgan fingerprint density at radius 2 is 1.78 bits per heavy atom. The topological polar surface area (TPSA) is 92.5 Å². The number of hydrogen-bond donors (Lipinski definition) is 2. The number of nitro groups is 1. The Labute approximate surface area is 133 Å². The molecule has 2 aromatic carbocycles. The van der Waals surface area contributed by atoms with Crippen molar-refractivity contribution in [1.82, 2.24) is 5.32 Å². The number of benzene rings is 2. The zero-order chi connectivity index (χ0) is 16.7. The molecule has 1 unspecified atom stereocenters. The normalized spacial score (nSPS) is 11.7. The first-order chi connectivity index (χ1) is 11.1. The number of carbonyl (C=O) groups excluding carboxylic acids is 1. The molecule has 0 heterocycles. The van der Waals surface area contributed by atoms with Gasteiger partial charge in [0, 0.05) is 12.7 Å². The molecule has 0 saturated carbocycles. The predicted molar refractivity (Wildman–Crippen MR) is 86.1 cm³/mol. The highest BCUT2D eigenvalue weighted by molar-refractivity contribution is 5.98. The van der Waals surface area contributed by atoms with E-state index in [1.54, 1.807) is 6.07 Å². The predicted octanol–water partition coefficient (Wildman–Crippen LogP) is 2.84. The van der Waals surface area contributed by atoms with E-state index in [4.69, 9.17) is 5.11 Å². The van der Waals surface area contributed by atoms with Crippen LogP contribution in [0.1, 0.15) is 34.8 Å². The maximum atomic E-state index is 12.4. The molecular formula is C17H18N2O4. The molecule has 0 aliphatic rings. The maximum absolute atomic E-state index is 12.4. The van der Waals surface area contributed by atoms with Gasteiger partial charge in [0.2, 0.25) is 0 Å². The second-order valence-electron chi connectivity index (χ2n) is 5.08. The third-order valence-corrected chi connectivity index (χ3v) is 3.50. The van der Waals surface area contributed by atoms with Crippen LogP contribution in [0.3, 0.4) is 0 Å². The molecule has 0 radical (unpaired) electrons. The number of para-hydroxylation sites is 1. The molecule has 0 spiro atoms. The Morgan fingerprint density at radius 1 is 1.13 bits per heavy atom. The largest absolute Gasteiger partial charge is 0.396 e. The van der Waals surface area contributed by atoms with E-state index in [-0.39, 0.29) is 23.9 Å². The number of aliphatic hydroxyl groups is 1. The fourth-order valence-corrected chi connectivity index (χ4v) is 2.36. The minimum Gasteiger partial charge on any atom is -0.396 e. The van der Waals surface area contributed by atoms with Crippen LogP contribution in [0, 0.1) is 10.1 Å². The highest BCUT2D eigenvalue weighted by atomic mass is 16.6. The Bertz CT molecular complexity index is 673. The van der Waals surface area contributed by atoms with Crippen molar-refractivity contribution >= 4 is 11.6 Å². The van der Waals surface area contributed by atoms with Gasteiger partial charge in [-0.15, -0.1) is 0 Å². The first-order valence-electron chi connectivity index (χ1n) is 7.33. The summed E-state index contributed by atoms with van der Waals surface area (Å²) in [5.41, 5.74) is 0.703. The Balaban J connectivity index is 2.23. The molecule has 0 aliphatic heterocycles. The van der Waals surface area contributed by atoms with Gasteiger partial charge in [0.1, 0.15) is 5.56 Å². The van der Waals surface area contributed by atoms with Gasteiger partial charge in [0.25, 0.3) is 11.6 Å². The van der Waals surface area contributed by atoms with E-state index in [1.807, 2.05) is 30.3 Å². The number of aliphatic hydroxyl groups excluding tert-OH is 1. The van der Waals surface area contributed by atoms with Gasteiger partial charge >= 0.3 is 0 Å². The lowest BCUT2D eigenvalue weighted by Gasteiger charge is -2.19. The maximum Gasteiger partial charge on any atom is 0.282 e. The van der Waals surface area contributed by atoms with Crippen molar-refractivity contribution in [2.45, 2.75) is 18.9 Å². The smallest absolute Gasteiger partial charge is 0.282 e. The van der Waals surface area contributed by atoms with Crippen LogP contribution >= 0.6 is 0 Å². The minimum atomic E-state index is -0.569. The summed E-state index contributed by atoms with van der Waals surface area (Å²) >= 11 is 0. The zero-order valence-electron chi connectivity index (χ0n) is 12.5. The van der Waals surface area contributed by atoms with Crippen molar-refractivity contribution in [3.63, 3.8) is 0 Å². The summed E-state index contributed by atoms with van der Waals surface area (Å²) in [7, 11) is 0. The molecule has 0 saturated heterocycles. The van der Waals surface area contributed by atoms with Crippen LogP contribution in [0.25, 0.3) is 0 Å². The average molecular weight is 314 g/mol. The molecule has 0 fully saturated rings. The van der Waals surface area contributed by atoms with E-state index in [0.717, 1.165) is 5.56 Å². The molecule has 1 atom stereocenters. The lowest BCUT2D eigenvalue weighted by atomic mass is 10.0. The van der Waals surface area contributed by atoms with Crippen molar-refractivity contribution < 1.29 is 14.8 Å². The van der Waals surface area contributed by atoms with E-state index in [0.29, 0.717) is 12.8 Å². The zero-order valence-corrected chi connectivity index (χ0v) is 12.5. The first kappa shape index (κ1) is 16.6. The molecule has 23 heavy (non-hydrogen) atoms. The van der Waals surface area contributed by atoms with Gasteiger partial charge in [-0.1, -0.05) is 42.5 Å². The fraction of sp³-hybridized carbons (Fsp3) is 0.235. The monoisotopic (exact) mass is 314 g/mol. The van der Waals surface area contributed by atoms with Gasteiger partial charge in [0.05, 0.1) is 11.0 Å². The standard InChI is InChI=1S/C17H18N2O4/c20-12-6-10-15(13-7-2-1-3-8-13)18-17(21)14-9-4-5-11-16(14)19(22)23/h1-5,7-9,11,15,20H,6,10,12H2,(H,18,21). The number of amides is 1. The molecule has 0 aromatic heterocycles. The van der Waals surface area contributed by atoms with Crippen molar-refractivity contribution in [3.8, 4) is 0 Å². The van der Waals surface area contributed by atoms with Gasteiger partial charge in [-0.3, -0.25) is 14.9 Å². The molecule has 0 bridgehead atoms. The van der Waals surface area contributed by atoms with E-state index in [9.17, 15) is 14.9 Å². The van der Waals surface area contributed by atoms with Crippen LogP contribution in [0.15, 0.2) is 54.6 Å².